The highest BCUT2D eigenvalue weighted by Gasteiger charge is 2.28. The van der Waals surface area contributed by atoms with Crippen LogP contribution in [0.3, 0.4) is 0 Å². The first-order chi connectivity index (χ1) is 14.3. The number of benzene rings is 1. The van der Waals surface area contributed by atoms with E-state index in [-0.39, 0.29) is 35.8 Å². The molecule has 0 saturated heterocycles. The summed E-state index contributed by atoms with van der Waals surface area (Å²) in [5.41, 5.74) is 1.16. The molecule has 1 aromatic rings. The van der Waals surface area contributed by atoms with Crippen LogP contribution in [-0.4, -0.2) is 74.7 Å². The fraction of sp³-hybridized carbons (Fsp3) is 0.652. The fourth-order valence-electron chi connectivity index (χ4n) is 3.95. The Kier molecular flexibility index (Phi) is 7.36. The van der Waals surface area contributed by atoms with Gasteiger partial charge in [-0.25, -0.2) is 0 Å². The van der Waals surface area contributed by atoms with E-state index >= 15 is 0 Å². The second kappa shape index (κ2) is 9.79. The van der Waals surface area contributed by atoms with Crippen molar-refractivity contribution in [2.24, 2.45) is 11.8 Å². The van der Waals surface area contributed by atoms with E-state index in [2.05, 4.69) is 31.1 Å². The predicted octanol–water partition coefficient (Wildman–Crippen LogP) is 2.86. The Morgan fingerprint density at radius 2 is 1.93 bits per heavy atom. The van der Waals surface area contributed by atoms with Gasteiger partial charge >= 0.3 is 0 Å². The molecule has 0 unspecified atom stereocenters. The van der Waals surface area contributed by atoms with Crippen LogP contribution in [0, 0.1) is 11.8 Å². The molecule has 0 spiro atoms. The molecule has 1 saturated carbocycles. The number of fused-ring (bicyclic) bond motifs is 1. The van der Waals surface area contributed by atoms with Gasteiger partial charge in [-0.05, 0) is 44.9 Å². The maximum absolute atomic E-state index is 13.2. The number of amides is 2. The normalized spacial score (nSPS) is 26.6. The SMILES string of the molecule is CO[C@H]1CN(C)C(=O)c2ccc(NC(=O)C3CCC3)cc2OC[C@@H](C)N(C)C[C@@H]1C. The molecule has 7 nitrogen and oxygen atoms in total. The number of ether oxygens (including phenoxy) is 2. The molecule has 1 aromatic carbocycles. The van der Waals surface area contributed by atoms with Crippen molar-refractivity contribution in [3.8, 4) is 5.75 Å². The molecule has 1 aliphatic carbocycles. The van der Waals surface area contributed by atoms with Crippen LogP contribution < -0.4 is 10.1 Å². The summed E-state index contributed by atoms with van der Waals surface area (Å²) < 4.78 is 11.8. The molecule has 0 bridgehead atoms. The number of rotatable bonds is 3. The highest BCUT2D eigenvalue weighted by molar-refractivity contribution is 5.99. The van der Waals surface area contributed by atoms with Gasteiger partial charge < -0.3 is 19.7 Å². The summed E-state index contributed by atoms with van der Waals surface area (Å²) in [6.07, 6.45) is 2.94. The van der Waals surface area contributed by atoms with Crippen LogP contribution in [0.5, 0.6) is 5.75 Å². The van der Waals surface area contributed by atoms with E-state index in [1.165, 1.54) is 0 Å². The fourth-order valence-corrected chi connectivity index (χ4v) is 3.95. The zero-order chi connectivity index (χ0) is 21.8. The zero-order valence-electron chi connectivity index (χ0n) is 18.8. The molecule has 1 aliphatic heterocycles. The Hall–Kier alpha value is -2.12. The number of carbonyl (C=O) groups excluding carboxylic acids is 2. The van der Waals surface area contributed by atoms with Crippen molar-refractivity contribution < 1.29 is 19.1 Å². The van der Waals surface area contributed by atoms with Crippen LogP contribution in [0.1, 0.15) is 43.5 Å². The minimum absolute atomic E-state index is 0.0443. The van der Waals surface area contributed by atoms with Gasteiger partial charge in [0.25, 0.3) is 5.91 Å². The molecule has 2 amide bonds. The molecule has 0 radical (unpaired) electrons. The summed E-state index contributed by atoms with van der Waals surface area (Å²) >= 11 is 0. The van der Waals surface area contributed by atoms with Crippen LogP contribution >= 0.6 is 0 Å². The molecule has 7 heteroatoms. The summed E-state index contributed by atoms with van der Waals surface area (Å²) in [5, 5.41) is 2.97. The van der Waals surface area contributed by atoms with E-state index in [4.69, 9.17) is 9.47 Å². The summed E-state index contributed by atoms with van der Waals surface area (Å²) in [5.74, 6) is 0.795. The van der Waals surface area contributed by atoms with Crippen LogP contribution in [0.15, 0.2) is 18.2 Å². The number of hydrogen-bond donors (Lipinski definition) is 1. The van der Waals surface area contributed by atoms with E-state index in [1.54, 1.807) is 37.3 Å². The topological polar surface area (TPSA) is 71.1 Å². The van der Waals surface area contributed by atoms with E-state index in [1.807, 2.05) is 0 Å². The monoisotopic (exact) mass is 417 g/mol. The van der Waals surface area contributed by atoms with E-state index in [9.17, 15) is 9.59 Å². The molecule has 0 aromatic heterocycles. The van der Waals surface area contributed by atoms with E-state index in [0.717, 1.165) is 25.8 Å². The lowest BCUT2D eigenvalue weighted by atomic mass is 9.85. The van der Waals surface area contributed by atoms with Crippen molar-refractivity contribution in [3.05, 3.63) is 23.8 Å². The zero-order valence-corrected chi connectivity index (χ0v) is 18.8. The standard InChI is InChI=1S/C23H35N3O4/c1-15-12-25(3)16(2)14-30-20-11-18(24-22(27)17-7-6-8-17)9-10-19(20)23(28)26(4)13-21(15)29-5/h9-11,15-17,21H,6-8,12-14H2,1-5H3,(H,24,27)/t15-,16+,21-/m0/s1. The number of likely N-dealkylation sites (N-methyl/N-ethyl adjacent to an activating group) is 2. The molecular weight excluding hydrogens is 382 g/mol. The third-order valence-corrected chi connectivity index (χ3v) is 6.50. The smallest absolute Gasteiger partial charge is 0.257 e. The number of carbonyl (C=O) groups is 2. The second-order valence-corrected chi connectivity index (χ2v) is 8.86. The number of hydrogen-bond acceptors (Lipinski definition) is 5. The Morgan fingerprint density at radius 3 is 2.57 bits per heavy atom. The Balaban J connectivity index is 1.87. The van der Waals surface area contributed by atoms with Crippen molar-refractivity contribution in [2.45, 2.75) is 45.3 Å². The van der Waals surface area contributed by atoms with Crippen LogP contribution in [0.2, 0.25) is 0 Å². The Bertz CT molecular complexity index is 765. The molecule has 2 aliphatic rings. The minimum Gasteiger partial charge on any atom is -0.491 e. The summed E-state index contributed by atoms with van der Waals surface area (Å²) in [4.78, 5) is 29.4. The van der Waals surface area contributed by atoms with Gasteiger partial charge in [-0.2, -0.15) is 0 Å². The molecule has 30 heavy (non-hydrogen) atoms. The summed E-state index contributed by atoms with van der Waals surface area (Å²) in [7, 11) is 5.56. The van der Waals surface area contributed by atoms with Crippen molar-refractivity contribution in [1.29, 1.82) is 0 Å². The molecule has 166 valence electrons. The Labute approximate surface area is 179 Å². The van der Waals surface area contributed by atoms with Crippen molar-refractivity contribution in [2.75, 3.05) is 46.2 Å². The van der Waals surface area contributed by atoms with Gasteiger partial charge in [-0.15, -0.1) is 0 Å². The van der Waals surface area contributed by atoms with Gasteiger partial charge in [0.15, 0.2) is 0 Å². The first-order valence-corrected chi connectivity index (χ1v) is 10.9. The van der Waals surface area contributed by atoms with Gasteiger partial charge in [0, 0.05) is 51.0 Å². The molecular formula is C23H35N3O4. The predicted molar refractivity (Wildman–Crippen MR) is 117 cm³/mol. The number of nitrogens with zero attached hydrogens (tertiary/aromatic N) is 2. The molecule has 3 atom stereocenters. The van der Waals surface area contributed by atoms with Gasteiger partial charge in [0.1, 0.15) is 12.4 Å². The van der Waals surface area contributed by atoms with Gasteiger partial charge in [0.05, 0.1) is 11.7 Å². The quantitative estimate of drug-likeness (QED) is 0.819. The lowest BCUT2D eigenvalue weighted by Crippen LogP contribution is -2.45. The first-order valence-electron chi connectivity index (χ1n) is 10.9. The van der Waals surface area contributed by atoms with Crippen LogP contribution in [-0.2, 0) is 9.53 Å². The first kappa shape index (κ1) is 22.6. The van der Waals surface area contributed by atoms with Gasteiger partial charge in [0.2, 0.25) is 5.91 Å². The highest BCUT2D eigenvalue weighted by Crippen LogP contribution is 2.30. The maximum atomic E-state index is 13.2. The number of anilines is 1. The summed E-state index contributed by atoms with van der Waals surface area (Å²) in [6, 6.07) is 5.46. The minimum atomic E-state index is -0.113. The maximum Gasteiger partial charge on any atom is 0.257 e. The van der Waals surface area contributed by atoms with Gasteiger partial charge in [-0.3, -0.25) is 14.5 Å². The highest BCUT2D eigenvalue weighted by atomic mass is 16.5. The lowest BCUT2D eigenvalue weighted by Gasteiger charge is -2.34. The van der Waals surface area contributed by atoms with Crippen LogP contribution in [0.25, 0.3) is 0 Å². The third-order valence-electron chi connectivity index (χ3n) is 6.50. The number of nitrogens with one attached hydrogen (secondary N) is 1. The van der Waals surface area contributed by atoms with Crippen molar-refractivity contribution in [1.82, 2.24) is 9.80 Å². The molecule has 1 fully saturated rings. The van der Waals surface area contributed by atoms with E-state index in [0.29, 0.717) is 30.2 Å². The van der Waals surface area contributed by atoms with Crippen molar-refractivity contribution in [3.63, 3.8) is 0 Å². The van der Waals surface area contributed by atoms with Crippen LogP contribution in [0.4, 0.5) is 5.69 Å². The molecule has 3 rings (SSSR count). The number of methoxy groups -OCH3 is 1. The lowest BCUT2D eigenvalue weighted by molar-refractivity contribution is -0.122. The van der Waals surface area contributed by atoms with E-state index < -0.39 is 0 Å². The largest absolute Gasteiger partial charge is 0.491 e. The summed E-state index contributed by atoms with van der Waals surface area (Å²) in [6.45, 7) is 6.04. The average Bonchev–Trinajstić information content (AvgIpc) is 2.67. The third kappa shape index (κ3) is 5.13. The second-order valence-electron chi connectivity index (χ2n) is 8.86. The van der Waals surface area contributed by atoms with Gasteiger partial charge in [-0.1, -0.05) is 13.3 Å². The molecule has 1 N–H and O–H groups in total. The average molecular weight is 418 g/mol. The molecule has 1 heterocycles. The van der Waals surface area contributed by atoms with Crippen molar-refractivity contribution >= 4 is 17.5 Å². The Morgan fingerprint density at radius 1 is 1.20 bits per heavy atom.